The van der Waals surface area contributed by atoms with Crippen LogP contribution < -0.4 is 15.4 Å². The van der Waals surface area contributed by atoms with Gasteiger partial charge in [0, 0.05) is 6.04 Å². The molecule has 2 heterocycles. The number of carbonyl (C=O) groups excluding carboxylic acids is 1. The minimum absolute atomic E-state index is 0.203. The Hall–Kier alpha value is -1.83. The first-order chi connectivity index (χ1) is 12.7. The van der Waals surface area contributed by atoms with Crippen LogP contribution in [0.25, 0.3) is 0 Å². The maximum absolute atomic E-state index is 12.4. The molecular weight excluding hydrogens is 336 g/mol. The molecule has 3 N–H and O–H groups in total. The van der Waals surface area contributed by atoms with Crippen LogP contribution in [0.3, 0.4) is 0 Å². The van der Waals surface area contributed by atoms with Crippen LogP contribution in [0, 0.1) is 0 Å². The van der Waals surface area contributed by atoms with E-state index in [1.54, 1.807) is 0 Å². The first-order valence-electron chi connectivity index (χ1n) is 9.44. The van der Waals surface area contributed by atoms with E-state index in [2.05, 4.69) is 10.6 Å². The van der Waals surface area contributed by atoms with Crippen molar-refractivity contribution in [1.29, 1.82) is 0 Å². The molecule has 1 aromatic carbocycles. The Morgan fingerprint density at radius 3 is 2.65 bits per heavy atom. The third-order valence-electron chi connectivity index (χ3n) is 5.36. The summed E-state index contributed by atoms with van der Waals surface area (Å²) in [6.45, 7) is 0.324. The second-order valence-electron chi connectivity index (χ2n) is 7.24. The molecule has 4 rings (SSSR count). The second kappa shape index (κ2) is 7.82. The largest absolute Gasteiger partial charge is 0.482 e. The van der Waals surface area contributed by atoms with E-state index in [0.29, 0.717) is 12.4 Å². The highest BCUT2D eigenvalue weighted by Gasteiger charge is 2.52. The number of urea groups is 1. The number of ether oxygens (including phenoxy) is 3. The highest BCUT2D eigenvalue weighted by molar-refractivity contribution is 5.74. The molecule has 3 aliphatic rings. The summed E-state index contributed by atoms with van der Waals surface area (Å²) in [5.41, 5.74) is 0. The number of aliphatic hydroxyl groups excluding tert-OH is 1. The molecule has 0 spiro atoms. The lowest BCUT2D eigenvalue weighted by molar-refractivity contribution is -0.192. The van der Waals surface area contributed by atoms with Gasteiger partial charge in [-0.3, -0.25) is 0 Å². The van der Waals surface area contributed by atoms with Crippen LogP contribution in [0.1, 0.15) is 32.1 Å². The number of amides is 2. The average molecular weight is 362 g/mol. The molecular formula is C19H26N2O5. The van der Waals surface area contributed by atoms with Gasteiger partial charge in [-0.05, 0) is 25.0 Å². The Balaban J connectivity index is 1.39. The fourth-order valence-corrected chi connectivity index (χ4v) is 3.97. The van der Waals surface area contributed by atoms with Gasteiger partial charge in [0.15, 0.2) is 12.4 Å². The molecule has 5 unspecified atom stereocenters. The maximum atomic E-state index is 12.4. The zero-order chi connectivity index (χ0) is 17.9. The van der Waals surface area contributed by atoms with Crippen molar-refractivity contribution in [2.24, 2.45) is 0 Å². The molecule has 0 aromatic heterocycles. The Morgan fingerprint density at radius 2 is 1.88 bits per heavy atom. The summed E-state index contributed by atoms with van der Waals surface area (Å²) in [5, 5.41) is 16.7. The van der Waals surface area contributed by atoms with Crippen LogP contribution in [0.5, 0.6) is 5.75 Å². The zero-order valence-electron chi connectivity index (χ0n) is 14.7. The van der Waals surface area contributed by atoms with Gasteiger partial charge in [0.1, 0.15) is 18.0 Å². The number of carbonyl (C=O) groups is 1. The van der Waals surface area contributed by atoms with E-state index in [9.17, 15) is 9.90 Å². The van der Waals surface area contributed by atoms with Crippen molar-refractivity contribution in [3.63, 3.8) is 0 Å². The lowest BCUT2D eigenvalue weighted by Crippen LogP contribution is -2.63. The van der Waals surface area contributed by atoms with Gasteiger partial charge in [-0.2, -0.15) is 0 Å². The van der Waals surface area contributed by atoms with Crippen LogP contribution in [0.15, 0.2) is 30.3 Å². The quantitative estimate of drug-likeness (QED) is 0.756. The first-order valence-corrected chi connectivity index (χ1v) is 9.44. The summed E-state index contributed by atoms with van der Waals surface area (Å²) >= 11 is 0. The third kappa shape index (κ3) is 3.79. The molecule has 3 fully saturated rings. The summed E-state index contributed by atoms with van der Waals surface area (Å²) in [7, 11) is 0. The summed E-state index contributed by atoms with van der Waals surface area (Å²) in [6.07, 6.45) is 2.91. The number of benzene rings is 1. The number of aliphatic hydroxyl groups is 1. The molecule has 2 bridgehead atoms. The topological polar surface area (TPSA) is 89.1 Å². The van der Waals surface area contributed by atoms with E-state index >= 15 is 0 Å². The van der Waals surface area contributed by atoms with Crippen LogP contribution >= 0.6 is 0 Å². The van der Waals surface area contributed by atoms with Gasteiger partial charge >= 0.3 is 6.03 Å². The highest BCUT2D eigenvalue weighted by atomic mass is 16.7. The minimum Gasteiger partial charge on any atom is -0.482 e. The standard InChI is InChI=1S/C19H26N2O5/c22-16-15(21-19(23)20-12-7-3-1-4-8-12)14-11-24-18(26-14)17(16)25-13-9-5-2-6-10-13/h2,5-6,9-10,12,14-18,22H,1,3-4,7-8,11H2,(H2,20,21,23). The van der Waals surface area contributed by atoms with Crippen LogP contribution in [0.2, 0.25) is 0 Å². The van der Waals surface area contributed by atoms with Crippen molar-refractivity contribution in [3.05, 3.63) is 30.3 Å². The van der Waals surface area contributed by atoms with Gasteiger partial charge in [0.25, 0.3) is 0 Å². The van der Waals surface area contributed by atoms with Crippen LogP contribution in [-0.2, 0) is 9.47 Å². The molecule has 5 atom stereocenters. The molecule has 2 saturated heterocycles. The molecule has 1 aromatic rings. The van der Waals surface area contributed by atoms with E-state index in [1.807, 2.05) is 30.3 Å². The third-order valence-corrected chi connectivity index (χ3v) is 5.36. The van der Waals surface area contributed by atoms with E-state index in [4.69, 9.17) is 14.2 Å². The number of nitrogens with one attached hydrogen (secondary N) is 2. The first kappa shape index (κ1) is 17.6. The number of fused-ring (bicyclic) bond motifs is 2. The summed E-state index contributed by atoms with van der Waals surface area (Å²) in [5.74, 6) is 0.625. The van der Waals surface area contributed by atoms with Gasteiger partial charge in [0.2, 0.25) is 0 Å². The number of para-hydroxylation sites is 1. The SMILES string of the molecule is O=C(NC1CCCCC1)NC1C2COC(O2)C(Oc2ccccc2)C1O. The molecule has 26 heavy (non-hydrogen) atoms. The maximum Gasteiger partial charge on any atom is 0.315 e. The van der Waals surface area contributed by atoms with E-state index in [1.165, 1.54) is 6.42 Å². The Kier molecular flexibility index (Phi) is 5.28. The normalized spacial score (nSPS) is 34.3. The minimum atomic E-state index is -0.918. The van der Waals surface area contributed by atoms with Gasteiger partial charge in [-0.25, -0.2) is 4.79 Å². The fourth-order valence-electron chi connectivity index (χ4n) is 3.97. The van der Waals surface area contributed by atoms with Gasteiger partial charge in [0.05, 0.1) is 12.6 Å². The number of hydrogen-bond donors (Lipinski definition) is 3. The van der Waals surface area contributed by atoms with Crippen molar-refractivity contribution in [2.75, 3.05) is 6.61 Å². The smallest absolute Gasteiger partial charge is 0.315 e. The van der Waals surface area contributed by atoms with E-state index in [-0.39, 0.29) is 18.2 Å². The highest BCUT2D eigenvalue weighted by Crippen LogP contribution is 2.31. The monoisotopic (exact) mass is 362 g/mol. The van der Waals surface area contributed by atoms with Crippen molar-refractivity contribution in [3.8, 4) is 5.75 Å². The summed E-state index contributed by atoms with van der Waals surface area (Å²) in [6, 6.07) is 8.59. The van der Waals surface area contributed by atoms with E-state index in [0.717, 1.165) is 25.7 Å². The van der Waals surface area contributed by atoms with Gasteiger partial charge in [-0.15, -0.1) is 0 Å². The number of rotatable bonds is 4. The summed E-state index contributed by atoms with van der Waals surface area (Å²) in [4.78, 5) is 12.4. The predicted octanol–water partition coefficient (Wildman–Crippen LogP) is 1.55. The Labute approximate surface area is 153 Å². The van der Waals surface area contributed by atoms with Gasteiger partial charge in [-0.1, -0.05) is 37.5 Å². The Bertz CT molecular complexity index is 607. The average Bonchev–Trinajstić information content (AvgIpc) is 3.10. The van der Waals surface area contributed by atoms with Crippen molar-refractivity contribution in [2.45, 2.75) is 68.8 Å². The molecule has 2 amide bonds. The van der Waals surface area contributed by atoms with Crippen molar-refractivity contribution in [1.82, 2.24) is 10.6 Å². The summed E-state index contributed by atoms with van der Waals surface area (Å²) < 4.78 is 17.3. The molecule has 1 saturated carbocycles. The fraction of sp³-hybridized carbons (Fsp3) is 0.632. The molecule has 7 nitrogen and oxygen atoms in total. The lowest BCUT2D eigenvalue weighted by Gasteiger charge is -2.38. The van der Waals surface area contributed by atoms with E-state index < -0.39 is 24.5 Å². The van der Waals surface area contributed by atoms with Crippen LogP contribution in [-0.4, -0.2) is 54.4 Å². The molecule has 142 valence electrons. The number of hydrogen-bond acceptors (Lipinski definition) is 5. The molecule has 7 heteroatoms. The predicted molar refractivity (Wildman–Crippen MR) is 93.8 cm³/mol. The Morgan fingerprint density at radius 1 is 1.12 bits per heavy atom. The molecule has 0 radical (unpaired) electrons. The molecule has 1 aliphatic carbocycles. The lowest BCUT2D eigenvalue weighted by atomic mass is 9.95. The van der Waals surface area contributed by atoms with Crippen molar-refractivity contribution < 1.29 is 24.1 Å². The molecule has 2 aliphatic heterocycles. The second-order valence-corrected chi connectivity index (χ2v) is 7.24. The van der Waals surface area contributed by atoms with Crippen LogP contribution in [0.4, 0.5) is 4.79 Å². The van der Waals surface area contributed by atoms with Crippen molar-refractivity contribution >= 4 is 6.03 Å². The van der Waals surface area contributed by atoms with Gasteiger partial charge < -0.3 is 30.0 Å². The zero-order valence-corrected chi connectivity index (χ0v) is 14.7.